The van der Waals surface area contributed by atoms with Crippen LogP contribution in [0.15, 0.2) is 18.2 Å². The molecule has 4 atom stereocenters. The lowest BCUT2D eigenvalue weighted by Crippen LogP contribution is -2.46. The Labute approximate surface area is 180 Å². The van der Waals surface area contributed by atoms with Crippen molar-refractivity contribution < 1.29 is 23.8 Å². The first-order valence-corrected chi connectivity index (χ1v) is 11.0. The summed E-state index contributed by atoms with van der Waals surface area (Å²) < 4.78 is 16.7. The van der Waals surface area contributed by atoms with Gasteiger partial charge < -0.3 is 19.5 Å². The van der Waals surface area contributed by atoms with E-state index in [1.165, 1.54) is 6.42 Å². The van der Waals surface area contributed by atoms with Gasteiger partial charge in [-0.05, 0) is 48.3 Å². The smallest absolute Gasteiger partial charge is 0.329 e. The fraction of sp³-hybridized carbons (Fsp3) is 0.667. The third-order valence-electron chi connectivity index (χ3n) is 6.06. The highest BCUT2D eigenvalue weighted by Gasteiger charge is 2.35. The van der Waals surface area contributed by atoms with Crippen molar-refractivity contribution in [3.05, 3.63) is 23.8 Å². The van der Waals surface area contributed by atoms with Crippen LogP contribution in [0.1, 0.15) is 58.9 Å². The van der Waals surface area contributed by atoms with Gasteiger partial charge in [0.05, 0.1) is 14.2 Å². The lowest BCUT2D eigenvalue weighted by Gasteiger charge is -2.37. The van der Waals surface area contributed by atoms with Gasteiger partial charge in [-0.3, -0.25) is 4.79 Å². The molecular weight excluding hydrogens is 382 g/mol. The molecule has 30 heavy (non-hydrogen) atoms. The third kappa shape index (κ3) is 6.38. The van der Waals surface area contributed by atoms with Gasteiger partial charge in [-0.15, -0.1) is 0 Å². The number of rotatable bonds is 9. The molecule has 0 heterocycles. The molecule has 2 rings (SSSR count). The highest BCUT2D eigenvalue weighted by atomic mass is 16.5. The molecule has 6 heteroatoms. The van der Waals surface area contributed by atoms with Crippen molar-refractivity contribution in [2.24, 2.45) is 17.8 Å². The lowest BCUT2D eigenvalue weighted by atomic mass is 9.75. The fourth-order valence-electron chi connectivity index (χ4n) is 4.21. The molecule has 1 aromatic rings. The first kappa shape index (κ1) is 24.0. The van der Waals surface area contributed by atoms with Gasteiger partial charge in [0.15, 0.2) is 11.5 Å². The summed E-state index contributed by atoms with van der Waals surface area (Å²) in [4.78, 5) is 25.2. The van der Waals surface area contributed by atoms with Crippen molar-refractivity contribution >= 4 is 11.9 Å². The van der Waals surface area contributed by atoms with Crippen LogP contribution >= 0.6 is 0 Å². The van der Waals surface area contributed by atoms with Crippen molar-refractivity contribution in [3.8, 4) is 11.5 Å². The van der Waals surface area contributed by atoms with E-state index in [1.54, 1.807) is 27.2 Å². The number of nitrogens with one attached hydrogen (secondary N) is 1. The molecule has 1 aromatic carbocycles. The van der Waals surface area contributed by atoms with E-state index in [0.29, 0.717) is 42.1 Å². The van der Waals surface area contributed by atoms with Gasteiger partial charge in [-0.1, -0.05) is 40.2 Å². The monoisotopic (exact) mass is 419 g/mol. The second kappa shape index (κ2) is 11.2. The molecule has 168 valence electrons. The van der Waals surface area contributed by atoms with E-state index >= 15 is 0 Å². The van der Waals surface area contributed by atoms with E-state index in [1.807, 2.05) is 12.1 Å². The summed E-state index contributed by atoms with van der Waals surface area (Å²) >= 11 is 0. The molecule has 1 fully saturated rings. The van der Waals surface area contributed by atoms with Crippen molar-refractivity contribution in [1.82, 2.24) is 5.32 Å². The molecule has 6 nitrogen and oxygen atoms in total. The number of ether oxygens (including phenoxy) is 3. The van der Waals surface area contributed by atoms with Crippen molar-refractivity contribution in [2.75, 3.05) is 14.2 Å². The number of esters is 1. The molecule has 0 bridgehead atoms. The lowest BCUT2D eigenvalue weighted by molar-refractivity contribution is -0.159. The van der Waals surface area contributed by atoms with Gasteiger partial charge in [0, 0.05) is 12.8 Å². The second-order valence-corrected chi connectivity index (χ2v) is 8.67. The van der Waals surface area contributed by atoms with Crippen LogP contribution in [0.25, 0.3) is 0 Å². The Morgan fingerprint density at radius 3 is 2.43 bits per heavy atom. The van der Waals surface area contributed by atoms with Crippen LogP contribution in [0.3, 0.4) is 0 Å². The summed E-state index contributed by atoms with van der Waals surface area (Å²) in [5.74, 6) is 2.01. The highest BCUT2D eigenvalue weighted by Crippen LogP contribution is 2.35. The zero-order chi connectivity index (χ0) is 22.3. The van der Waals surface area contributed by atoms with E-state index in [2.05, 4.69) is 26.1 Å². The average molecular weight is 420 g/mol. The van der Waals surface area contributed by atoms with Crippen LogP contribution in [0.5, 0.6) is 11.5 Å². The number of carbonyl (C=O) groups excluding carboxylic acids is 2. The van der Waals surface area contributed by atoms with E-state index in [-0.39, 0.29) is 18.0 Å². The number of amides is 1. The minimum absolute atomic E-state index is 0.104. The Bertz CT molecular complexity index is 718. The molecule has 3 unspecified atom stereocenters. The molecule has 0 aliphatic heterocycles. The maximum Gasteiger partial charge on any atom is 0.329 e. The topological polar surface area (TPSA) is 73.9 Å². The zero-order valence-electron chi connectivity index (χ0n) is 19.2. The SMILES string of the molecule is CCC(=O)N[C@H](Cc1ccc(OC)c(OC)c1)C(=O)OC1CC(C)CCC1C(C)C. The largest absolute Gasteiger partial charge is 0.493 e. The second-order valence-electron chi connectivity index (χ2n) is 8.67. The van der Waals surface area contributed by atoms with Gasteiger partial charge >= 0.3 is 5.97 Å². The predicted octanol–water partition coefficient (Wildman–Crippen LogP) is 4.15. The highest BCUT2D eigenvalue weighted by molar-refractivity contribution is 5.84. The van der Waals surface area contributed by atoms with E-state index < -0.39 is 6.04 Å². The van der Waals surface area contributed by atoms with Crippen molar-refractivity contribution in [2.45, 2.75) is 71.9 Å². The summed E-state index contributed by atoms with van der Waals surface area (Å²) in [6, 6.07) is 4.77. The van der Waals surface area contributed by atoms with Gasteiger partial charge in [0.2, 0.25) is 5.91 Å². The number of benzene rings is 1. The third-order valence-corrected chi connectivity index (χ3v) is 6.06. The Hall–Kier alpha value is -2.24. The summed E-state index contributed by atoms with van der Waals surface area (Å²) in [7, 11) is 3.15. The molecule has 1 aliphatic carbocycles. The zero-order valence-corrected chi connectivity index (χ0v) is 19.2. The number of hydrogen-bond acceptors (Lipinski definition) is 5. The maximum atomic E-state index is 13.1. The van der Waals surface area contributed by atoms with Crippen LogP contribution in [-0.2, 0) is 20.7 Å². The van der Waals surface area contributed by atoms with Crippen LogP contribution in [-0.4, -0.2) is 38.2 Å². The normalized spacial score (nSPS) is 22.3. The first-order chi connectivity index (χ1) is 14.3. The van der Waals surface area contributed by atoms with Gasteiger partial charge in [-0.25, -0.2) is 4.79 Å². The molecule has 1 saturated carbocycles. The Morgan fingerprint density at radius 2 is 1.83 bits per heavy atom. The molecular formula is C24H37NO5. The molecule has 0 spiro atoms. The predicted molar refractivity (Wildman–Crippen MR) is 117 cm³/mol. The Balaban J connectivity index is 2.19. The number of carbonyl (C=O) groups is 2. The Kier molecular flexibility index (Phi) is 9.00. The number of hydrogen-bond donors (Lipinski definition) is 1. The van der Waals surface area contributed by atoms with Crippen molar-refractivity contribution in [3.63, 3.8) is 0 Å². The van der Waals surface area contributed by atoms with Gasteiger partial charge in [-0.2, -0.15) is 0 Å². The van der Waals surface area contributed by atoms with Crippen LogP contribution in [0, 0.1) is 17.8 Å². The summed E-state index contributed by atoms with van der Waals surface area (Å²) in [5, 5.41) is 2.84. The van der Waals surface area contributed by atoms with Gasteiger partial charge in [0.1, 0.15) is 12.1 Å². The van der Waals surface area contributed by atoms with E-state index in [0.717, 1.165) is 18.4 Å². The molecule has 1 aliphatic rings. The van der Waals surface area contributed by atoms with Crippen LogP contribution in [0.4, 0.5) is 0 Å². The molecule has 1 N–H and O–H groups in total. The van der Waals surface area contributed by atoms with E-state index in [4.69, 9.17) is 14.2 Å². The van der Waals surface area contributed by atoms with Crippen LogP contribution in [0.2, 0.25) is 0 Å². The standard InChI is InChI=1S/C24H37NO5/c1-7-23(26)25-19(13-17-9-11-20(28-5)22(14-17)29-6)24(27)30-21-12-16(4)8-10-18(21)15(2)3/h9,11,14-16,18-19,21H,7-8,10,12-13H2,1-6H3,(H,25,26)/t16?,18?,19-,21?/m1/s1. The minimum Gasteiger partial charge on any atom is -0.493 e. The molecule has 0 saturated heterocycles. The summed E-state index contributed by atoms with van der Waals surface area (Å²) in [5.41, 5.74) is 0.864. The average Bonchev–Trinajstić information content (AvgIpc) is 2.72. The molecule has 0 aromatic heterocycles. The minimum atomic E-state index is -0.736. The molecule has 0 radical (unpaired) electrons. The molecule has 1 amide bonds. The summed E-state index contributed by atoms with van der Waals surface area (Å²) in [6.45, 7) is 8.34. The fourth-order valence-corrected chi connectivity index (χ4v) is 4.21. The quantitative estimate of drug-likeness (QED) is 0.609. The number of methoxy groups -OCH3 is 2. The van der Waals surface area contributed by atoms with E-state index in [9.17, 15) is 9.59 Å². The first-order valence-electron chi connectivity index (χ1n) is 11.0. The summed E-state index contributed by atoms with van der Waals surface area (Å²) in [6.07, 6.45) is 3.65. The van der Waals surface area contributed by atoms with Gasteiger partial charge in [0.25, 0.3) is 0 Å². The van der Waals surface area contributed by atoms with Crippen LogP contribution < -0.4 is 14.8 Å². The Morgan fingerprint density at radius 1 is 1.13 bits per heavy atom. The maximum absolute atomic E-state index is 13.1. The van der Waals surface area contributed by atoms with Crippen molar-refractivity contribution in [1.29, 1.82) is 0 Å².